The SMILES string of the molecule is Cc1ccc2c(-c3nc(N[C@H]4CCCN(C(=O)OC(C)(C)C)C4)ncc3C)cn(-c3ccccc3)c2c1.Cc1cnc(N[C@H]2CCCN(C(=O)OC(C)(C)C)C2)nc1-c1c[nH]c2cc(-c3nnnn3C)ccc12.Cn1nnnc1Br.O=S=O. The monoisotopic (exact) mass is 1210 g/mol. The fraction of sp³-hybridized carbons (Fsp3) is 0.404. The predicted molar refractivity (Wildman–Crippen MR) is 320 cm³/mol. The Bertz CT molecular complexity index is 3720. The van der Waals surface area contributed by atoms with Gasteiger partial charge >= 0.3 is 23.8 Å². The number of amides is 2. The maximum atomic E-state index is 12.6. The van der Waals surface area contributed by atoms with Crippen LogP contribution in [0, 0.1) is 20.8 Å². The molecule has 6 aromatic heterocycles. The first-order valence-electron chi connectivity index (χ1n) is 27.1. The molecule has 2 aliphatic heterocycles. The van der Waals surface area contributed by atoms with Gasteiger partial charge in [0.05, 0.1) is 16.9 Å². The predicted octanol–water partition coefficient (Wildman–Crippen LogP) is 9.75. The van der Waals surface area contributed by atoms with Gasteiger partial charge in [-0.05, 0) is 166 Å². The van der Waals surface area contributed by atoms with Gasteiger partial charge in [0.1, 0.15) is 11.2 Å². The summed E-state index contributed by atoms with van der Waals surface area (Å²) in [7, 11) is 3.57. The fourth-order valence-corrected chi connectivity index (χ4v) is 9.73. The van der Waals surface area contributed by atoms with E-state index < -0.39 is 22.8 Å². The first-order valence-corrected chi connectivity index (χ1v) is 28.5. The standard InChI is InChI=1S/C30H35N5O2.C25H31N9O2.C2H3BrN4.O2S/c1-20-13-14-24-25(19-35(26(24)16-20)23-11-7-6-8-12-23)27-21(2)17-31-28(33-27)32-22-10-9-15-34(18-22)29(36)37-30(3,4)5;1-15-12-27-23(28-17-7-6-10-34(14-17)24(35)36-25(2,3)4)29-21(15)19-13-26-20-11-16(8-9-18(19)20)22-30-31-32-33(22)5;1-7-2(3)4-5-6-7;1-3-2/h6-8,11-14,16-17,19,22H,9-10,15,18H2,1-5H3,(H,31,32,33);8-9,11-13,17,26H,6-7,10,14H2,1-5H3,(H,27,28,29);1H3;/t22-;17-;;/m00../s1. The lowest BCUT2D eigenvalue weighted by molar-refractivity contribution is 0.0196. The average Bonchev–Trinajstić information content (AvgIpc) is 3.10. The van der Waals surface area contributed by atoms with Crippen LogP contribution in [0.2, 0.25) is 0 Å². The zero-order valence-corrected chi connectivity index (χ0v) is 50.8. The van der Waals surface area contributed by atoms with Crippen LogP contribution in [0.15, 0.2) is 96.3 Å². The van der Waals surface area contributed by atoms with E-state index in [4.69, 9.17) is 27.9 Å². The number of hydrogen-bond acceptors (Lipinski definition) is 18. The smallest absolute Gasteiger partial charge is 0.410 e. The van der Waals surface area contributed by atoms with Crippen molar-refractivity contribution in [2.45, 2.75) is 111 Å². The van der Waals surface area contributed by atoms with Gasteiger partial charge in [0.2, 0.25) is 16.6 Å². The molecule has 11 rings (SSSR count). The number of tetrazole rings is 2. The molecule has 2 fully saturated rings. The van der Waals surface area contributed by atoms with E-state index in [0.29, 0.717) is 48.6 Å². The number of likely N-dealkylation sites (tertiary alicyclic amines) is 2. The number of aromatic nitrogens is 14. The number of aromatic amines is 1. The van der Waals surface area contributed by atoms with Crippen molar-refractivity contribution in [2.24, 2.45) is 14.1 Å². The Balaban J connectivity index is 0.000000186. The number of nitrogens with one attached hydrogen (secondary N) is 3. The number of fused-ring (bicyclic) bond motifs is 2. The summed E-state index contributed by atoms with van der Waals surface area (Å²) in [4.78, 5) is 51.0. The Kier molecular flexibility index (Phi) is 19.4. The number of H-pyrrole nitrogens is 1. The summed E-state index contributed by atoms with van der Waals surface area (Å²) in [5.41, 5.74) is 10.1. The van der Waals surface area contributed by atoms with Gasteiger partial charge in [-0.25, -0.2) is 38.9 Å². The van der Waals surface area contributed by atoms with E-state index in [9.17, 15) is 9.59 Å². The number of carbonyl (C=O) groups is 2. The molecule has 2 aliphatic rings. The van der Waals surface area contributed by atoms with E-state index in [1.807, 2.05) is 99.2 Å². The summed E-state index contributed by atoms with van der Waals surface area (Å²) in [5, 5.41) is 31.3. The summed E-state index contributed by atoms with van der Waals surface area (Å²) in [5.74, 6) is 1.82. The first kappa shape index (κ1) is 60.6. The number of para-hydroxylation sites is 1. The van der Waals surface area contributed by atoms with Crippen LogP contribution in [0.1, 0.15) is 83.9 Å². The lowest BCUT2D eigenvalue weighted by atomic mass is 10.0. The van der Waals surface area contributed by atoms with Crippen molar-refractivity contribution < 1.29 is 27.5 Å². The van der Waals surface area contributed by atoms with E-state index in [0.717, 1.165) is 92.4 Å². The molecule has 436 valence electrons. The molecular formula is C57H69BrN18O6S. The van der Waals surface area contributed by atoms with Gasteiger partial charge in [-0.15, -0.1) is 10.2 Å². The van der Waals surface area contributed by atoms with E-state index in [1.165, 1.54) is 10.2 Å². The zero-order chi connectivity index (χ0) is 59.6. The molecule has 0 radical (unpaired) electrons. The minimum Gasteiger partial charge on any atom is -0.444 e. The third kappa shape index (κ3) is 15.7. The van der Waals surface area contributed by atoms with Gasteiger partial charge in [-0.3, -0.25) is 0 Å². The second kappa shape index (κ2) is 26.6. The number of nitrogens with zero attached hydrogens (tertiary/aromatic N) is 15. The largest absolute Gasteiger partial charge is 0.444 e. The number of carbonyl (C=O) groups excluding carboxylic acids is 2. The molecule has 0 saturated carbocycles. The minimum atomic E-state index is -0.750. The van der Waals surface area contributed by atoms with Gasteiger partial charge < -0.3 is 39.5 Å². The Labute approximate surface area is 492 Å². The number of anilines is 2. The van der Waals surface area contributed by atoms with Gasteiger partial charge in [-0.2, -0.15) is 8.42 Å². The quantitative estimate of drug-likeness (QED) is 0.128. The number of halogens is 1. The Morgan fingerprint density at radius 3 is 1.75 bits per heavy atom. The van der Waals surface area contributed by atoms with Gasteiger partial charge in [0, 0.05) is 116 Å². The number of rotatable bonds is 8. The van der Waals surface area contributed by atoms with Crippen molar-refractivity contribution in [1.29, 1.82) is 0 Å². The van der Waals surface area contributed by atoms with Crippen molar-refractivity contribution in [2.75, 3.05) is 36.8 Å². The van der Waals surface area contributed by atoms with E-state index in [2.05, 4.69) is 139 Å². The molecule has 0 spiro atoms. The van der Waals surface area contributed by atoms with Crippen LogP contribution in [0.3, 0.4) is 0 Å². The van der Waals surface area contributed by atoms with Crippen LogP contribution in [0.25, 0.3) is 61.4 Å². The van der Waals surface area contributed by atoms with E-state index in [1.54, 1.807) is 21.5 Å². The summed E-state index contributed by atoms with van der Waals surface area (Å²) < 4.78 is 33.8. The summed E-state index contributed by atoms with van der Waals surface area (Å²) in [6.07, 6.45) is 11.0. The fourth-order valence-electron chi connectivity index (χ4n) is 9.59. The molecule has 0 bridgehead atoms. The maximum absolute atomic E-state index is 12.6. The maximum Gasteiger partial charge on any atom is 0.410 e. The van der Waals surface area contributed by atoms with Crippen LogP contribution >= 0.6 is 15.9 Å². The van der Waals surface area contributed by atoms with Crippen LogP contribution in [0.4, 0.5) is 21.5 Å². The molecule has 3 aromatic carbocycles. The molecule has 3 N–H and O–H groups in total. The van der Waals surface area contributed by atoms with Crippen molar-refractivity contribution >= 4 is 73.4 Å². The molecule has 83 heavy (non-hydrogen) atoms. The van der Waals surface area contributed by atoms with Gasteiger partial charge in [-0.1, -0.05) is 42.5 Å². The molecular weight excluding hydrogens is 1140 g/mol. The lowest BCUT2D eigenvalue weighted by Crippen LogP contribution is -2.47. The average molecular weight is 1210 g/mol. The molecule has 2 saturated heterocycles. The number of benzene rings is 3. The highest BCUT2D eigenvalue weighted by Gasteiger charge is 2.30. The van der Waals surface area contributed by atoms with Crippen molar-refractivity contribution in [3.05, 3.63) is 113 Å². The van der Waals surface area contributed by atoms with Crippen molar-refractivity contribution in [3.63, 3.8) is 0 Å². The van der Waals surface area contributed by atoms with Crippen LogP contribution in [-0.2, 0) is 35.1 Å². The molecule has 26 heteroatoms. The summed E-state index contributed by atoms with van der Waals surface area (Å²) in [6.45, 7) is 20.0. The highest BCUT2D eigenvalue weighted by atomic mass is 79.9. The zero-order valence-electron chi connectivity index (χ0n) is 48.4. The topological polar surface area (TPSA) is 277 Å². The number of hydrogen-bond donors (Lipinski definition) is 3. The highest BCUT2D eigenvalue weighted by molar-refractivity contribution is 9.10. The minimum absolute atomic E-state index is 0.0485. The third-order valence-corrected chi connectivity index (χ3v) is 14.1. The van der Waals surface area contributed by atoms with Crippen LogP contribution in [-0.4, -0.2) is 150 Å². The molecule has 2 atom stereocenters. The molecule has 2 amide bonds. The van der Waals surface area contributed by atoms with Gasteiger partial charge in [0.25, 0.3) is 0 Å². The second-order valence-electron chi connectivity index (χ2n) is 22.3. The highest BCUT2D eigenvalue weighted by Crippen LogP contribution is 2.36. The van der Waals surface area contributed by atoms with E-state index in [-0.39, 0.29) is 24.3 Å². The lowest BCUT2D eigenvalue weighted by Gasteiger charge is -2.34. The Morgan fingerprint density at radius 1 is 0.699 bits per heavy atom. The van der Waals surface area contributed by atoms with Crippen molar-refractivity contribution in [1.82, 2.24) is 79.7 Å². The van der Waals surface area contributed by atoms with Crippen LogP contribution < -0.4 is 10.6 Å². The molecule has 0 aliphatic carbocycles. The second-order valence-corrected chi connectivity index (χ2v) is 23.1. The first-order chi connectivity index (χ1) is 39.6. The number of ether oxygens (including phenoxy) is 2. The Morgan fingerprint density at radius 2 is 1.24 bits per heavy atom. The molecule has 8 heterocycles. The van der Waals surface area contributed by atoms with Gasteiger partial charge in [0.15, 0.2) is 5.82 Å². The van der Waals surface area contributed by atoms with Crippen LogP contribution in [0.5, 0.6) is 0 Å². The van der Waals surface area contributed by atoms with E-state index >= 15 is 0 Å². The Hall–Kier alpha value is -8.52. The number of aryl methyl sites for hydroxylation is 5. The number of piperidine rings is 2. The summed E-state index contributed by atoms with van der Waals surface area (Å²) >= 11 is 2.34. The molecule has 24 nitrogen and oxygen atoms in total. The molecule has 0 unspecified atom stereocenters. The summed E-state index contributed by atoms with van der Waals surface area (Å²) in [6, 6.07) is 23.1. The molecule has 9 aromatic rings. The van der Waals surface area contributed by atoms with Crippen molar-refractivity contribution in [3.8, 4) is 39.6 Å². The third-order valence-electron chi connectivity index (χ3n) is 13.4. The normalized spacial score (nSPS) is 15.2.